The molecule has 6 nitrogen and oxygen atoms in total. The van der Waals surface area contributed by atoms with Crippen molar-refractivity contribution in [2.75, 3.05) is 27.3 Å². The minimum atomic E-state index is -0.150. The summed E-state index contributed by atoms with van der Waals surface area (Å²) in [4.78, 5) is 12.9. The second-order valence-corrected chi connectivity index (χ2v) is 9.58. The molecule has 145 valence electrons. The zero-order valence-electron chi connectivity index (χ0n) is 16.0. The van der Waals surface area contributed by atoms with Gasteiger partial charge in [-0.25, -0.2) is 0 Å². The van der Waals surface area contributed by atoms with Gasteiger partial charge in [0.25, 0.3) is 0 Å². The van der Waals surface area contributed by atoms with Crippen molar-refractivity contribution in [2.45, 2.75) is 17.7 Å². The Balaban J connectivity index is 1.75. The Labute approximate surface area is 171 Å². The third kappa shape index (κ3) is 4.86. The molecule has 0 aliphatic carbocycles. The summed E-state index contributed by atoms with van der Waals surface area (Å²) in [6, 6.07) is 13.2. The van der Waals surface area contributed by atoms with Gasteiger partial charge in [0.2, 0.25) is 0 Å². The monoisotopic (exact) mass is 440 g/mol. The molecule has 1 amide bonds. The molecule has 3 rings (SSSR count). The van der Waals surface area contributed by atoms with E-state index in [1.165, 1.54) is 0 Å². The van der Waals surface area contributed by atoms with Gasteiger partial charge in [0.05, 0.1) is 0 Å². The third-order valence-corrected chi connectivity index (χ3v) is 7.72. The average Bonchev–Trinajstić information content (AvgIpc) is 3.25. The summed E-state index contributed by atoms with van der Waals surface area (Å²) in [6.07, 6.45) is 1.15. The number of nitrogens with one attached hydrogen (secondary N) is 2. The van der Waals surface area contributed by atoms with Crippen LogP contribution < -0.4 is 24.5 Å². The molecule has 1 radical (unpaired) electrons. The van der Waals surface area contributed by atoms with Gasteiger partial charge in [0.1, 0.15) is 0 Å². The topological polar surface area (TPSA) is 83.4 Å². The molecule has 1 aliphatic rings. The first-order valence-corrected chi connectivity index (χ1v) is 11.1. The summed E-state index contributed by atoms with van der Waals surface area (Å²) < 4.78 is 12.3. The van der Waals surface area contributed by atoms with Gasteiger partial charge >= 0.3 is 172 Å². The number of methoxy groups -OCH3 is 2. The Hall–Kier alpha value is -2.48. The molecule has 2 N–H and O–H groups in total. The summed E-state index contributed by atoms with van der Waals surface area (Å²) >= 11 is -0.134. The van der Waals surface area contributed by atoms with Crippen LogP contribution in [0.15, 0.2) is 36.4 Å². The van der Waals surface area contributed by atoms with E-state index in [2.05, 4.69) is 16.7 Å². The number of benzene rings is 2. The van der Waals surface area contributed by atoms with Crippen LogP contribution in [-0.2, 0) is 6.54 Å². The fraction of sp³-hybridized carbons (Fsp3) is 0.333. The summed E-state index contributed by atoms with van der Waals surface area (Å²) in [5, 5.41) is 15.6. The molecule has 1 saturated heterocycles. The SMILES string of the molecule is COc1ccc(CNC(=O)c2cc(C#N)ccc2[As]C2CCNC2)cc1OC. The van der Waals surface area contributed by atoms with Gasteiger partial charge in [-0.2, -0.15) is 0 Å². The van der Waals surface area contributed by atoms with Gasteiger partial charge in [-0.1, -0.05) is 0 Å². The second-order valence-electron chi connectivity index (χ2n) is 6.49. The Morgan fingerprint density at radius 2 is 2.07 bits per heavy atom. The first-order valence-electron chi connectivity index (χ1n) is 9.09. The maximum absolute atomic E-state index is 12.9. The molecule has 0 aromatic heterocycles. The van der Waals surface area contributed by atoms with E-state index in [-0.39, 0.29) is 21.7 Å². The Kier molecular flexibility index (Phi) is 6.97. The zero-order valence-corrected chi connectivity index (χ0v) is 17.9. The molecular weight excluding hydrogens is 417 g/mol. The summed E-state index contributed by atoms with van der Waals surface area (Å²) in [6.45, 7) is 2.42. The molecular formula is C21H23AsN3O3. The van der Waals surface area contributed by atoms with Crippen LogP contribution in [0.25, 0.3) is 0 Å². The van der Waals surface area contributed by atoms with Crippen molar-refractivity contribution < 1.29 is 14.3 Å². The number of nitriles is 1. The van der Waals surface area contributed by atoms with Crippen molar-refractivity contribution in [1.82, 2.24) is 10.6 Å². The summed E-state index contributed by atoms with van der Waals surface area (Å²) in [5.41, 5.74) is 2.04. The number of ether oxygens (including phenoxy) is 2. The van der Waals surface area contributed by atoms with Crippen molar-refractivity contribution >= 4 is 26.0 Å². The van der Waals surface area contributed by atoms with E-state index in [4.69, 9.17) is 9.47 Å². The number of hydrogen-bond acceptors (Lipinski definition) is 5. The van der Waals surface area contributed by atoms with Crippen molar-refractivity contribution in [2.24, 2.45) is 0 Å². The van der Waals surface area contributed by atoms with E-state index in [0.717, 1.165) is 29.4 Å². The number of rotatable bonds is 7. The van der Waals surface area contributed by atoms with Crippen LogP contribution >= 0.6 is 0 Å². The maximum atomic E-state index is 12.9. The molecule has 0 saturated carbocycles. The van der Waals surface area contributed by atoms with Gasteiger partial charge < -0.3 is 0 Å². The zero-order chi connectivity index (χ0) is 19.9. The fourth-order valence-corrected chi connectivity index (χ4v) is 5.92. The van der Waals surface area contributed by atoms with Crippen LogP contribution in [-0.4, -0.2) is 49.0 Å². The van der Waals surface area contributed by atoms with E-state index < -0.39 is 0 Å². The average molecular weight is 440 g/mol. The number of nitrogens with zero attached hydrogens (tertiary/aromatic N) is 1. The standard InChI is InChI=1S/C21H23AsN3O3/c1-27-19-6-4-15(10-20(19)28-2)12-25-21(26)17-9-14(11-23)3-5-18(17)22-16-7-8-24-13-16/h3-6,9-10,16,24H,7-8,12-13H2,1-2H3,(H,25,26). The molecule has 0 bridgehead atoms. The predicted molar refractivity (Wildman–Crippen MR) is 108 cm³/mol. The van der Waals surface area contributed by atoms with Crippen LogP contribution in [0, 0.1) is 11.3 Å². The van der Waals surface area contributed by atoms with Gasteiger partial charge in [0, 0.05) is 0 Å². The minimum absolute atomic E-state index is 0.134. The molecule has 1 heterocycles. The van der Waals surface area contributed by atoms with Gasteiger partial charge in [0.15, 0.2) is 0 Å². The molecule has 1 fully saturated rings. The second kappa shape index (κ2) is 9.63. The molecule has 1 atom stereocenters. The third-order valence-electron chi connectivity index (χ3n) is 4.63. The van der Waals surface area contributed by atoms with E-state index >= 15 is 0 Å². The van der Waals surface area contributed by atoms with Crippen LogP contribution in [0.4, 0.5) is 0 Å². The van der Waals surface area contributed by atoms with Crippen LogP contribution in [0.5, 0.6) is 11.5 Å². The van der Waals surface area contributed by atoms with E-state index in [1.54, 1.807) is 26.4 Å². The number of carbonyl (C=O) groups excluding carboxylic acids is 1. The van der Waals surface area contributed by atoms with Crippen LogP contribution in [0.3, 0.4) is 0 Å². The summed E-state index contributed by atoms with van der Waals surface area (Å²) in [7, 11) is 3.17. The number of hydrogen-bond donors (Lipinski definition) is 2. The van der Waals surface area contributed by atoms with Crippen LogP contribution in [0.1, 0.15) is 27.9 Å². The summed E-state index contributed by atoms with van der Waals surface area (Å²) in [5.74, 6) is 1.12. The number of carbonyl (C=O) groups is 1. The van der Waals surface area contributed by atoms with Crippen molar-refractivity contribution in [3.8, 4) is 17.6 Å². The van der Waals surface area contributed by atoms with Crippen LogP contribution in [0.2, 0.25) is 4.71 Å². The molecule has 2 aromatic rings. The van der Waals surface area contributed by atoms with E-state index in [9.17, 15) is 10.1 Å². The molecule has 28 heavy (non-hydrogen) atoms. The Morgan fingerprint density at radius 3 is 2.75 bits per heavy atom. The first-order chi connectivity index (χ1) is 13.6. The van der Waals surface area contributed by atoms with Crippen molar-refractivity contribution in [3.05, 3.63) is 53.1 Å². The fourth-order valence-electron chi connectivity index (χ4n) is 3.11. The normalized spacial score (nSPS) is 16.1. The molecule has 1 unspecified atom stereocenters. The van der Waals surface area contributed by atoms with Crippen molar-refractivity contribution in [3.63, 3.8) is 0 Å². The molecule has 0 spiro atoms. The van der Waals surface area contributed by atoms with Crippen molar-refractivity contribution in [1.29, 1.82) is 5.26 Å². The molecule has 7 heteroatoms. The Bertz CT molecular complexity index is 889. The quantitative estimate of drug-likeness (QED) is 0.640. The molecule has 1 aliphatic heterocycles. The van der Waals surface area contributed by atoms with E-state index in [1.807, 2.05) is 24.3 Å². The van der Waals surface area contributed by atoms with Gasteiger partial charge in [-0.15, -0.1) is 0 Å². The van der Waals surface area contributed by atoms with Gasteiger partial charge in [-0.05, 0) is 0 Å². The Morgan fingerprint density at radius 1 is 1.25 bits per heavy atom. The number of amides is 1. The van der Waals surface area contributed by atoms with Gasteiger partial charge in [-0.3, -0.25) is 0 Å². The predicted octanol–water partition coefficient (Wildman–Crippen LogP) is 1.62. The molecule has 2 aromatic carbocycles. The first kappa shape index (κ1) is 20.3. The van der Waals surface area contributed by atoms with E-state index in [0.29, 0.717) is 33.9 Å².